The summed E-state index contributed by atoms with van der Waals surface area (Å²) >= 11 is 0. The summed E-state index contributed by atoms with van der Waals surface area (Å²) in [7, 11) is 1.68. The third-order valence-corrected chi connectivity index (χ3v) is 4.26. The molecule has 1 heterocycles. The molecular weight excluding hydrogens is 290 g/mol. The fraction of sp³-hybridized carbons (Fsp3) is 0.368. The van der Waals surface area contributed by atoms with E-state index >= 15 is 0 Å². The molecule has 4 nitrogen and oxygen atoms in total. The first kappa shape index (κ1) is 15.7. The third-order valence-electron chi connectivity index (χ3n) is 4.26. The molecule has 0 saturated heterocycles. The molecule has 0 amide bonds. The van der Waals surface area contributed by atoms with Crippen molar-refractivity contribution in [3.05, 3.63) is 53.1 Å². The predicted octanol–water partition coefficient (Wildman–Crippen LogP) is 3.23. The van der Waals surface area contributed by atoms with Crippen LogP contribution in [0, 0.1) is 0 Å². The number of benzene rings is 2. The number of rotatable bonds is 5. The van der Waals surface area contributed by atoms with E-state index in [0.717, 1.165) is 30.9 Å². The number of methoxy groups -OCH3 is 1. The Bertz CT molecular complexity index is 667. The van der Waals surface area contributed by atoms with Crippen molar-refractivity contribution in [1.82, 2.24) is 5.32 Å². The van der Waals surface area contributed by atoms with Crippen LogP contribution < -0.4 is 14.8 Å². The molecule has 0 saturated carbocycles. The van der Waals surface area contributed by atoms with Crippen LogP contribution in [0.3, 0.4) is 0 Å². The van der Waals surface area contributed by atoms with E-state index in [2.05, 4.69) is 17.4 Å². The average Bonchev–Trinajstić information content (AvgIpc) is 2.57. The molecule has 0 radical (unpaired) electrons. The fourth-order valence-electron chi connectivity index (χ4n) is 3.13. The molecule has 1 atom stereocenters. The number of hydrogen-bond acceptors (Lipinski definition) is 4. The Hall–Kier alpha value is -2.20. The molecule has 4 heteroatoms. The molecule has 1 aliphatic rings. The number of aromatic hydroxyl groups is 1. The van der Waals surface area contributed by atoms with Gasteiger partial charge in [0.1, 0.15) is 5.75 Å². The summed E-state index contributed by atoms with van der Waals surface area (Å²) in [4.78, 5) is 0. The van der Waals surface area contributed by atoms with Gasteiger partial charge in [-0.3, -0.25) is 0 Å². The Morgan fingerprint density at radius 1 is 1.17 bits per heavy atom. The first-order valence-corrected chi connectivity index (χ1v) is 8.06. The number of hydrogen-bond donors (Lipinski definition) is 2. The van der Waals surface area contributed by atoms with Crippen LogP contribution in [0.25, 0.3) is 0 Å². The lowest BCUT2D eigenvalue weighted by molar-refractivity contribution is 0.309. The van der Waals surface area contributed by atoms with E-state index < -0.39 is 0 Å². The molecule has 122 valence electrons. The van der Waals surface area contributed by atoms with Crippen molar-refractivity contribution < 1.29 is 14.6 Å². The first-order chi connectivity index (χ1) is 11.2. The summed E-state index contributed by atoms with van der Waals surface area (Å²) < 4.78 is 11.2. The topological polar surface area (TPSA) is 50.7 Å². The van der Waals surface area contributed by atoms with E-state index in [1.807, 2.05) is 19.1 Å². The summed E-state index contributed by atoms with van der Waals surface area (Å²) in [5.74, 6) is 1.90. The van der Waals surface area contributed by atoms with Crippen molar-refractivity contribution in [2.45, 2.75) is 25.8 Å². The Kier molecular flexibility index (Phi) is 4.72. The molecule has 0 bridgehead atoms. The quantitative estimate of drug-likeness (QED) is 0.890. The average molecular weight is 313 g/mol. The van der Waals surface area contributed by atoms with Gasteiger partial charge in [-0.2, -0.15) is 0 Å². The number of phenols is 1. The molecule has 23 heavy (non-hydrogen) atoms. The SMILES string of the molecule is CCOc1cc2c(cc1OC)CCN[C@H]2Cc1ccc(O)cc1. The van der Waals surface area contributed by atoms with Crippen LogP contribution in [0.1, 0.15) is 29.7 Å². The van der Waals surface area contributed by atoms with Crippen LogP contribution in [0.4, 0.5) is 0 Å². The summed E-state index contributed by atoms with van der Waals surface area (Å²) in [5.41, 5.74) is 3.78. The highest BCUT2D eigenvalue weighted by Crippen LogP contribution is 2.36. The van der Waals surface area contributed by atoms with Gasteiger partial charge in [0.15, 0.2) is 11.5 Å². The van der Waals surface area contributed by atoms with Crippen LogP contribution in [0.15, 0.2) is 36.4 Å². The molecule has 0 aliphatic carbocycles. The van der Waals surface area contributed by atoms with Crippen LogP contribution in [-0.4, -0.2) is 25.4 Å². The summed E-state index contributed by atoms with van der Waals surface area (Å²) in [6.07, 6.45) is 1.87. The fourth-order valence-corrected chi connectivity index (χ4v) is 3.13. The molecule has 2 N–H and O–H groups in total. The van der Waals surface area contributed by atoms with Crippen LogP contribution in [0.2, 0.25) is 0 Å². The normalized spacial score (nSPS) is 16.7. The zero-order chi connectivity index (χ0) is 16.2. The molecule has 2 aromatic rings. The standard InChI is InChI=1S/C19H23NO3/c1-3-23-19-12-16-14(11-18(19)22-2)8-9-20-17(16)10-13-4-6-15(21)7-5-13/h4-7,11-12,17,20-21H,3,8-10H2,1-2H3/t17-/m0/s1. The Morgan fingerprint density at radius 2 is 1.96 bits per heavy atom. The Morgan fingerprint density at radius 3 is 2.65 bits per heavy atom. The first-order valence-electron chi connectivity index (χ1n) is 8.06. The highest BCUT2D eigenvalue weighted by atomic mass is 16.5. The van der Waals surface area contributed by atoms with E-state index in [1.54, 1.807) is 19.2 Å². The largest absolute Gasteiger partial charge is 0.508 e. The van der Waals surface area contributed by atoms with Gasteiger partial charge in [0, 0.05) is 6.04 Å². The van der Waals surface area contributed by atoms with Gasteiger partial charge >= 0.3 is 0 Å². The maximum absolute atomic E-state index is 9.43. The Balaban J connectivity index is 1.91. The van der Waals surface area contributed by atoms with Gasteiger partial charge in [-0.25, -0.2) is 0 Å². The van der Waals surface area contributed by atoms with Crippen molar-refractivity contribution in [2.75, 3.05) is 20.3 Å². The number of phenolic OH excluding ortho intramolecular Hbond substituents is 1. The molecular formula is C19H23NO3. The lowest BCUT2D eigenvalue weighted by Crippen LogP contribution is -2.31. The Labute approximate surface area is 137 Å². The summed E-state index contributed by atoms with van der Waals surface area (Å²) in [5, 5.41) is 13.0. The third kappa shape index (κ3) is 3.42. The van der Waals surface area contributed by atoms with Crippen LogP contribution >= 0.6 is 0 Å². The number of fused-ring (bicyclic) bond motifs is 1. The maximum atomic E-state index is 9.43. The predicted molar refractivity (Wildman–Crippen MR) is 90.4 cm³/mol. The van der Waals surface area contributed by atoms with Crippen molar-refractivity contribution in [3.8, 4) is 17.2 Å². The molecule has 1 aliphatic heterocycles. The molecule has 0 spiro atoms. The van der Waals surface area contributed by atoms with E-state index in [-0.39, 0.29) is 6.04 Å². The summed E-state index contributed by atoms with van der Waals surface area (Å²) in [6, 6.07) is 11.9. The van der Waals surface area contributed by atoms with Gasteiger partial charge < -0.3 is 19.9 Å². The molecule has 0 aromatic heterocycles. The van der Waals surface area contributed by atoms with Crippen molar-refractivity contribution in [1.29, 1.82) is 0 Å². The zero-order valence-corrected chi connectivity index (χ0v) is 13.6. The van der Waals surface area contributed by atoms with Crippen molar-refractivity contribution >= 4 is 0 Å². The molecule has 2 aromatic carbocycles. The maximum Gasteiger partial charge on any atom is 0.161 e. The van der Waals surface area contributed by atoms with Gasteiger partial charge in [-0.15, -0.1) is 0 Å². The minimum absolute atomic E-state index is 0.244. The second kappa shape index (κ2) is 6.92. The summed E-state index contributed by atoms with van der Waals surface area (Å²) in [6.45, 7) is 3.54. The van der Waals surface area contributed by atoms with E-state index in [4.69, 9.17) is 9.47 Å². The second-order valence-corrected chi connectivity index (χ2v) is 5.76. The van der Waals surface area contributed by atoms with E-state index in [0.29, 0.717) is 12.4 Å². The van der Waals surface area contributed by atoms with Gasteiger partial charge in [-0.1, -0.05) is 12.1 Å². The smallest absolute Gasteiger partial charge is 0.161 e. The van der Waals surface area contributed by atoms with Crippen LogP contribution in [-0.2, 0) is 12.8 Å². The van der Waals surface area contributed by atoms with Gasteiger partial charge in [0.25, 0.3) is 0 Å². The second-order valence-electron chi connectivity index (χ2n) is 5.76. The van der Waals surface area contributed by atoms with Crippen molar-refractivity contribution in [3.63, 3.8) is 0 Å². The minimum Gasteiger partial charge on any atom is -0.508 e. The highest BCUT2D eigenvalue weighted by molar-refractivity contribution is 5.50. The van der Waals surface area contributed by atoms with E-state index in [9.17, 15) is 5.11 Å². The number of nitrogens with one attached hydrogen (secondary N) is 1. The van der Waals surface area contributed by atoms with Crippen LogP contribution in [0.5, 0.6) is 17.2 Å². The van der Waals surface area contributed by atoms with Crippen molar-refractivity contribution in [2.24, 2.45) is 0 Å². The molecule has 0 unspecified atom stereocenters. The lowest BCUT2D eigenvalue weighted by Gasteiger charge is -2.28. The highest BCUT2D eigenvalue weighted by Gasteiger charge is 2.23. The lowest BCUT2D eigenvalue weighted by atomic mass is 9.90. The van der Waals surface area contributed by atoms with E-state index in [1.165, 1.54) is 16.7 Å². The minimum atomic E-state index is 0.244. The number of ether oxygens (including phenoxy) is 2. The van der Waals surface area contributed by atoms with Gasteiger partial charge in [0.2, 0.25) is 0 Å². The monoisotopic (exact) mass is 313 g/mol. The zero-order valence-electron chi connectivity index (χ0n) is 13.6. The van der Waals surface area contributed by atoms with Gasteiger partial charge in [0.05, 0.1) is 13.7 Å². The molecule has 0 fully saturated rings. The van der Waals surface area contributed by atoms with Gasteiger partial charge in [-0.05, 0) is 67.3 Å². The molecule has 3 rings (SSSR count).